The van der Waals surface area contributed by atoms with Gasteiger partial charge in [-0.25, -0.2) is 4.39 Å². The van der Waals surface area contributed by atoms with E-state index in [-0.39, 0.29) is 24.9 Å². The molecule has 1 heterocycles. The van der Waals surface area contributed by atoms with Gasteiger partial charge in [-0.05, 0) is 36.9 Å². The van der Waals surface area contributed by atoms with Crippen LogP contribution in [0.5, 0.6) is 0 Å². The van der Waals surface area contributed by atoms with E-state index in [1.807, 2.05) is 37.3 Å². The fourth-order valence-corrected chi connectivity index (χ4v) is 4.15. The zero-order valence-corrected chi connectivity index (χ0v) is 18.7. The van der Waals surface area contributed by atoms with Gasteiger partial charge in [-0.3, -0.25) is 19.3 Å². The summed E-state index contributed by atoms with van der Waals surface area (Å²) < 4.78 is 14.4. The maximum Gasteiger partial charge on any atom is 0.259 e. The highest BCUT2D eigenvalue weighted by molar-refractivity contribution is 6.26. The predicted molar refractivity (Wildman–Crippen MR) is 125 cm³/mol. The molecule has 1 atom stereocenters. The molecule has 0 spiro atoms. The Morgan fingerprint density at radius 3 is 2.52 bits per heavy atom. The molecule has 0 aliphatic carbocycles. The lowest BCUT2D eigenvalue weighted by Crippen LogP contribution is -2.51. The molecule has 0 saturated carbocycles. The predicted octanol–water partition coefficient (Wildman–Crippen LogP) is 3.88. The van der Waals surface area contributed by atoms with E-state index in [9.17, 15) is 18.8 Å². The van der Waals surface area contributed by atoms with E-state index in [1.54, 1.807) is 31.2 Å². The van der Waals surface area contributed by atoms with E-state index in [0.717, 1.165) is 17.2 Å². The SMILES string of the molecule is CCCNC(=O)[C@@H](C)N(Cc1ccccc1F)C(=O)CN1C(=O)c2cccc3cccc1c23. The molecule has 4 rings (SSSR count). The third kappa shape index (κ3) is 4.31. The van der Waals surface area contributed by atoms with Crippen LogP contribution in [0.25, 0.3) is 10.8 Å². The summed E-state index contributed by atoms with van der Waals surface area (Å²) >= 11 is 0. The summed E-state index contributed by atoms with van der Waals surface area (Å²) in [5, 5.41) is 4.53. The van der Waals surface area contributed by atoms with Crippen LogP contribution >= 0.6 is 0 Å². The number of anilines is 1. The molecule has 3 aromatic carbocycles. The van der Waals surface area contributed by atoms with Gasteiger partial charge in [0.1, 0.15) is 18.4 Å². The molecule has 170 valence electrons. The van der Waals surface area contributed by atoms with Gasteiger partial charge in [0.25, 0.3) is 5.91 Å². The molecule has 33 heavy (non-hydrogen) atoms. The standard InChI is InChI=1S/C26H26FN3O3/c1-3-14-28-25(32)17(2)29(15-19-8-4-5-12-21(19)27)23(31)16-30-22-13-7-10-18-9-6-11-20(24(18)22)26(30)33/h4-13,17H,3,14-16H2,1-2H3,(H,28,32)/t17-/m1/s1. The quantitative estimate of drug-likeness (QED) is 0.570. The van der Waals surface area contributed by atoms with E-state index in [1.165, 1.54) is 15.9 Å². The number of halogens is 1. The summed E-state index contributed by atoms with van der Waals surface area (Å²) in [6.45, 7) is 3.71. The second kappa shape index (κ2) is 9.40. The largest absolute Gasteiger partial charge is 0.354 e. The molecule has 0 fully saturated rings. The number of nitrogens with one attached hydrogen (secondary N) is 1. The van der Waals surface area contributed by atoms with Gasteiger partial charge in [0, 0.05) is 29.6 Å². The molecule has 3 aromatic rings. The van der Waals surface area contributed by atoms with Gasteiger partial charge in [0.2, 0.25) is 11.8 Å². The van der Waals surface area contributed by atoms with Crippen molar-refractivity contribution in [1.29, 1.82) is 0 Å². The van der Waals surface area contributed by atoms with Crippen molar-refractivity contribution >= 4 is 34.2 Å². The van der Waals surface area contributed by atoms with Crippen LogP contribution in [-0.2, 0) is 16.1 Å². The number of hydrogen-bond donors (Lipinski definition) is 1. The molecule has 1 N–H and O–H groups in total. The normalized spacial score (nSPS) is 13.3. The van der Waals surface area contributed by atoms with Gasteiger partial charge in [-0.1, -0.05) is 49.4 Å². The molecule has 0 aromatic heterocycles. The van der Waals surface area contributed by atoms with Gasteiger partial charge in [-0.2, -0.15) is 0 Å². The molecule has 0 saturated heterocycles. The first-order valence-corrected chi connectivity index (χ1v) is 11.1. The highest BCUT2D eigenvalue weighted by Gasteiger charge is 2.34. The van der Waals surface area contributed by atoms with E-state index < -0.39 is 17.8 Å². The van der Waals surface area contributed by atoms with E-state index in [4.69, 9.17) is 0 Å². The summed E-state index contributed by atoms with van der Waals surface area (Å²) in [5.41, 5.74) is 1.51. The maximum atomic E-state index is 14.4. The molecule has 0 radical (unpaired) electrons. The first-order chi connectivity index (χ1) is 15.9. The van der Waals surface area contributed by atoms with Gasteiger partial charge in [0.05, 0.1) is 5.69 Å². The zero-order valence-electron chi connectivity index (χ0n) is 18.7. The summed E-state index contributed by atoms with van der Waals surface area (Å²) in [7, 11) is 0. The van der Waals surface area contributed by atoms with Crippen LogP contribution < -0.4 is 10.2 Å². The fraction of sp³-hybridized carbons (Fsp3) is 0.269. The van der Waals surface area contributed by atoms with E-state index in [0.29, 0.717) is 23.4 Å². The minimum atomic E-state index is -0.834. The van der Waals surface area contributed by atoms with Gasteiger partial charge < -0.3 is 10.2 Å². The molecule has 0 bridgehead atoms. The van der Waals surface area contributed by atoms with Crippen LogP contribution in [-0.4, -0.2) is 41.8 Å². The Bertz CT molecular complexity index is 1220. The first-order valence-electron chi connectivity index (χ1n) is 11.1. The lowest BCUT2D eigenvalue weighted by atomic mass is 10.1. The van der Waals surface area contributed by atoms with E-state index in [2.05, 4.69) is 5.32 Å². The van der Waals surface area contributed by atoms with Crippen molar-refractivity contribution < 1.29 is 18.8 Å². The topological polar surface area (TPSA) is 69.7 Å². The molecule has 0 unspecified atom stereocenters. The summed E-state index contributed by atoms with van der Waals surface area (Å²) in [5.74, 6) is -1.47. The highest BCUT2D eigenvalue weighted by atomic mass is 19.1. The van der Waals surface area contributed by atoms with Crippen molar-refractivity contribution in [2.75, 3.05) is 18.0 Å². The smallest absolute Gasteiger partial charge is 0.259 e. The number of carbonyl (C=O) groups excluding carboxylic acids is 3. The Kier molecular flexibility index (Phi) is 6.40. The number of hydrogen-bond acceptors (Lipinski definition) is 3. The number of rotatable bonds is 8. The van der Waals surface area contributed by atoms with Crippen molar-refractivity contribution in [2.45, 2.75) is 32.9 Å². The molecule has 3 amide bonds. The minimum Gasteiger partial charge on any atom is -0.354 e. The summed E-state index contributed by atoms with van der Waals surface area (Å²) in [6.07, 6.45) is 0.754. The van der Waals surface area contributed by atoms with Crippen LogP contribution in [0.4, 0.5) is 10.1 Å². The Morgan fingerprint density at radius 2 is 1.79 bits per heavy atom. The van der Waals surface area contributed by atoms with Crippen LogP contribution in [0.3, 0.4) is 0 Å². The second-order valence-electron chi connectivity index (χ2n) is 8.15. The minimum absolute atomic E-state index is 0.0780. The first kappa shape index (κ1) is 22.5. The molecular weight excluding hydrogens is 421 g/mol. The van der Waals surface area contributed by atoms with Crippen LogP contribution in [0.1, 0.15) is 36.2 Å². The van der Waals surface area contributed by atoms with Crippen molar-refractivity contribution in [2.24, 2.45) is 0 Å². The maximum absolute atomic E-state index is 14.4. The molecule has 6 nitrogen and oxygen atoms in total. The number of nitrogens with zero attached hydrogens (tertiary/aromatic N) is 2. The molecular formula is C26H26FN3O3. The van der Waals surface area contributed by atoms with E-state index >= 15 is 0 Å². The summed E-state index contributed by atoms with van der Waals surface area (Å²) in [4.78, 5) is 42.0. The van der Waals surface area contributed by atoms with Gasteiger partial charge in [-0.15, -0.1) is 0 Å². The van der Waals surface area contributed by atoms with Crippen LogP contribution in [0.2, 0.25) is 0 Å². The molecule has 7 heteroatoms. The second-order valence-corrected chi connectivity index (χ2v) is 8.15. The average Bonchev–Trinajstić information content (AvgIpc) is 3.09. The lowest BCUT2D eigenvalue weighted by molar-refractivity contribution is -0.139. The Labute approximate surface area is 192 Å². The monoisotopic (exact) mass is 447 g/mol. The molecule has 1 aliphatic rings. The van der Waals surface area contributed by atoms with Crippen molar-refractivity contribution in [1.82, 2.24) is 10.2 Å². The Hall–Kier alpha value is -3.74. The van der Waals surface area contributed by atoms with Crippen molar-refractivity contribution in [3.63, 3.8) is 0 Å². The lowest BCUT2D eigenvalue weighted by Gasteiger charge is -2.30. The summed E-state index contributed by atoms with van der Waals surface area (Å²) in [6, 6.07) is 16.4. The van der Waals surface area contributed by atoms with Crippen LogP contribution in [0, 0.1) is 5.82 Å². The number of benzene rings is 3. The highest BCUT2D eigenvalue weighted by Crippen LogP contribution is 2.37. The number of amides is 3. The van der Waals surface area contributed by atoms with Crippen LogP contribution in [0.15, 0.2) is 60.7 Å². The average molecular weight is 448 g/mol. The molecule has 1 aliphatic heterocycles. The van der Waals surface area contributed by atoms with Crippen molar-refractivity contribution in [3.8, 4) is 0 Å². The third-order valence-electron chi connectivity index (χ3n) is 5.96. The Balaban J connectivity index is 1.63. The fourth-order valence-electron chi connectivity index (χ4n) is 4.15. The van der Waals surface area contributed by atoms with Crippen molar-refractivity contribution in [3.05, 3.63) is 77.6 Å². The van der Waals surface area contributed by atoms with Gasteiger partial charge >= 0.3 is 0 Å². The van der Waals surface area contributed by atoms with Gasteiger partial charge in [0.15, 0.2) is 0 Å². The Morgan fingerprint density at radius 1 is 1.06 bits per heavy atom. The third-order valence-corrected chi connectivity index (χ3v) is 5.96. The zero-order chi connectivity index (χ0) is 23.5. The number of carbonyl (C=O) groups is 3.